The molecule has 0 amide bonds. The maximum absolute atomic E-state index is 12.9. The van der Waals surface area contributed by atoms with Crippen LogP contribution in [0.2, 0.25) is 0 Å². The highest BCUT2D eigenvalue weighted by Crippen LogP contribution is 2.33. The molecule has 0 aliphatic heterocycles. The number of rotatable bonds is 6. The number of ether oxygens (including phenoxy) is 1. The Hall–Kier alpha value is -1.94. The predicted octanol–water partition coefficient (Wildman–Crippen LogP) is 4.65. The van der Waals surface area contributed by atoms with Crippen molar-refractivity contribution in [1.29, 1.82) is 0 Å². The van der Waals surface area contributed by atoms with Gasteiger partial charge in [0.2, 0.25) is 0 Å². The first-order valence-electron chi connectivity index (χ1n) is 7.49. The highest BCUT2D eigenvalue weighted by atomic mass is 79.9. The van der Waals surface area contributed by atoms with Crippen molar-refractivity contribution in [3.8, 4) is 5.75 Å². The number of ketones is 1. The third kappa shape index (κ3) is 4.29. The Bertz CT molecular complexity index is 668. The van der Waals surface area contributed by atoms with Gasteiger partial charge >= 0.3 is 5.97 Å². The lowest BCUT2D eigenvalue weighted by atomic mass is 9.89. The van der Waals surface area contributed by atoms with Crippen LogP contribution in [0.3, 0.4) is 0 Å². The van der Waals surface area contributed by atoms with E-state index in [1.807, 2.05) is 26.0 Å². The summed E-state index contributed by atoms with van der Waals surface area (Å²) in [5, 5.41) is 0. The lowest BCUT2D eigenvalue weighted by molar-refractivity contribution is -0.136. The number of carbonyl (C=O) groups is 2. The third-order valence-electron chi connectivity index (χ3n) is 3.36. The number of hydrogen-bond acceptors (Lipinski definition) is 3. The van der Waals surface area contributed by atoms with Crippen molar-refractivity contribution >= 4 is 27.7 Å². The summed E-state index contributed by atoms with van der Waals surface area (Å²) >= 11 is 3.39. The molecular formula is C19H19BrO3. The molecule has 0 N–H and O–H groups in total. The number of alkyl halides is 1. The minimum absolute atomic E-state index is 0.144. The average Bonchev–Trinajstić information content (AvgIpc) is 2.55. The lowest BCUT2D eigenvalue weighted by Crippen LogP contribution is -2.44. The Morgan fingerprint density at radius 2 is 1.52 bits per heavy atom. The first-order chi connectivity index (χ1) is 10.9. The molecule has 0 bridgehead atoms. The molecule has 23 heavy (non-hydrogen) atoms. The van der Waals surface area contributed by atoms with Crippen LogP contribution < -0.4 is 4.74 Å². The number of benzene rings is 2. The summed E-state index contributed by atoms with van der Waals surface area (Å²) in [6.45, 7) is 3.92. The predicted molar refractivity (Wildman–Crippen MR) is 94.0 cm³/mol. The Morgan fingerprint density at radius 3 is 2.04 bits per heavy atom. The number of hydrogen-bond donors (Lipinski definition) is 0. The van der Waals surface area contributed by atoms with Crippen molar-refractivity contribution in [1.82, 2.24) is 0 Å². The van der Waals surface area contributed by atoms with E-state index >= 15 is 0 Å². The van der Waals surface area contributed by atoms with Gasteiger partial charge in [-0.1, -0.05) is 78.3 Å². The first kappa shape index (κ1) is 17.4. The van der Waals surface area contributed by atoms with Crippen molar-refractivity contribution < 1.29 is 14.3 Å². The fourth-order valence-corrected chi connectivity index (χ4v) is 3.28. The van der Waals surface area contributed by atoms with Gasteiger partial charge in [0, 0.05) is 5.56 Å². The number of halogens is 1. The topological polar surface area (TPSA) is 43.4 Å². The van der Waals surface area contributed by atoms with Crippen molar-refractivity contribution in [2.45, 2.75) is 24.6 Å². The molecule has 4 heteroatoms. The van der Waals surface area contributed by atoms with E-state index in [-0.39, 0.29) is 11.7 Å². The fraction of sp³-hybridized carbons (Fsp3) is 0.263. The second kappa shape index (κ2) is 7.55. The molecule has 2 rings (SSSR count). The minimum atomic E-state index is -1.39. The van der Waals surface area contributed by atoms with Gasteiger partial charge in [0.15, 0.2) is 10.1 Å². The Kier molecular flexibility index (Phi) is 5.72. The van der Waals surface area contributed by atoms with Gasteiger partial charge in [0.1, 0.15) is 5.75 Å². The third-order valence-corrected chi connectivity index (χ3v) is 4.37. The smallest absolute Gasteiger partial charge is 0.336 e. The summed E-state index contributed by atoms with van der Waals surface area (Å²) < 4.78 is 4.03. The number of Topliss-reactive ketones (excluding diaryl/α,β-unsaturated/α-hetero) is 1. The molecule has 120 valence electrons. The quantitative estimate of drug-likeness (QED) is 0.243. The van der Waals surface area contributed by atoms with Crippen LogP contribution in [-0.4, -0.2) is 16.1 Å². The fourth-order valence-electron chi connectivity index (χ4n) is 2.33. The molecule has 1 atom stereocenters. The zero-order valence-corrected chi connectivity index (χ0v) is 14.7. The largest absolute Gasteiger partial charge is 0.425 e. The molecule has 2 aromatic rings. The Labute approximate surface area is 144 Å². The minimum Gasteiger partial charge on any atom is -0.425 e. The van der Waals surface area contributed by atoms with Gasteiger partial charge < -0.3 is 4.74 Å². The molecule has 3 nitrogen and oxygen atoms in total. The SMILES string of the molecule is CC(C)CC(Br)(C(=O)Oc1ccccc1)C(=O)c1ccccc1. The summed E-state index contributed by atoms with van der Waals surface area (Å²) in [6, 6.07) is 17.6. The average molecular weight is 375 g/mol. The molecule has 0 saturated carbocycles. The van der Waals surface area contributed by atoms with E-state index in [0.29, 0.717) is 17.7 Å². The molecule has 0 fully saturated rings. The molecule has 0 radical (unpaired) electrons. The van der Waals surface area contributed by atoms with E-state index < -0.39 is 10.3 Å². The highest BCUT2D eigenvalue weighted by Gasteiger charge is 2.46. The molecule has 2 aromatic carbocycles. The van der Waals surface area contributed by atoms with Gasteiger partial charge in [-0.05, 0) is 24.5 Å². The summed E-state index contributed by atoms with van der Waals surface area (Å²) in [5.41, 5.74) is 0.482. The van der Waals surface area contributed by atoms with Crippen LogP contribution in [-0.2, 0) is 4.79 Å². The van der Waals surface area contributed by atoms with Gasteiger partial charge in [-0.3, -0.25) is 4.79 Å². The van der Waals surface area contributed by atoms with E-state index in [2.05, 4.69) is 15.9 Å². The monoisotopic (exact) mass is 374 g/mol. The molecular weight excluding hydrogens is 356 g/mol. The highest BCUT2D eigenvalue weighted by molar-refractivity contribution is 9.10. The van der Waals surface area contributed by atoms with Gasteiger partial charge in [0.25, 0.3) is 0 Å². The van der Waals surface area contributed by atoms with E-state index in [9.17, 15) is 9.59 Å². The van der Waals surface area contributed by atoms with Crippen molar-refractivity contribution in [3.05, 3.63) is 66.2 Å². The second-order valence-corrected chi connectivity index (χ2v) is 7.15. The number of carbonyl (C=O) groups excluding carboxylic acids is 2. The van der Waals surface area contributed by atoms with E-state index in [4.69, 9.17) is 4.74 Å². The Balaban J connectivity index is 2.31. The molecule has 0 aromatic heterocycles. The van der Waals surface area contributed by atoms with Crippen LogP contribution in [0.5, 0.6) is 5.75 Å². The van der Waals surface area contributed by atoms with Crippen molar-refractivity contribution in [2.75, 3.05) is 0 Å². The number of esters is 1. The summed E-state index contributed by atoms with van der Waals surface area (Å²) in [7, 11) is 0. The van der Waals surface area contributed by atoms with E-state index in [0.717, 1.165) is 0 Å². The zero-order chi connectivity index (χ0) is 16.9. The van der Waals surface area contributed by atoms with Gasteiger partial charge in [-0.15, -0.1) is 0 Å². The van der Waals surface area contributed by atoms with Crippen LogP contribution >= 0.6 is 15.9 Å². The van der Waals surface area contributed by atoms with E-state index in [1.165, 1.54) is 0 Å². The van der Waals surface area contributed by atoms with Crippen LogP contribution in [0.25, 0.3) is 0 Å². The second-order valence-electron chi connectivity index (χ2n) is 5.80. The summed E-state index contributed by atoms with van der Waals surface area (Å²) in [6.07, 6.45) is 0.354. The standard InChI is InChI=1S/C19H19BrO3/c1-14(2)13-19(20,17(21)15-9-5-3-6-10-15)18(22)23-16-11-7-4-8-12-16/h3-12,14H,13H2,1-2H3. The van der Waals surface area contributed by atoms with Gasteiger partial charge in [-0.2, -0.15) is 0 Å². The van der Waals surface area contributed by atoms with E-state index in [1.54, 1.807) is 48.5 Å². The van der Waals surface area contributed by atoms with Gasteiger partial charge in [-0.25, -0.2) is 4.79 Å². The normalized spacial score (nSPS) is 13.4. The molecule has 0 aliphatic carbocycles. The van der Waals surface area contributed by atoms with Crippen LogP contribution in [0.4, 0.5) is 0 Å². The lowest BCUT2D eigenvalue weighted by Gasteiger charge is -2.25. The van der Waals surface area contributed by atoms with Crippen LogP contribution in [0.15, 0.2) is 60.7 Å². The molecule has 1 unspecified atom stereocenters. The molecule has 0 spiro atoms. The zero-order valence-electron chi connectivity index (χ0n) is 13.2. The molecule has 0 aliphatic rings. The maximum Gasteiger partial charge on any atom is 0.336 e. The summed E-state index contributed by atoms with van der Waals surface area (Å²) in [4.78, 5) is 25.6. The van der Waals surface area contributed by atoms with Crippen molar-refractivity contribution in [2.24, 2.45) is 5.92 Å². The molecule has 0 heterocycles. The van der Waals surface area contributed by atoms with Crippen LogP contribution in [0.1, 0.15) is 30.6 Å². The summed E-state index contributed by atoms with van der Waals surface area (Å²) in [5.74, 6) is -0.310. The Morgan fingerprint density at radius 1 is 1.00 bits per heavy atom. The van der Waals surface area contributed by atoms with Crippen molar-refractivity contribution in [3.63, 3.8) is 0 Å². The van der Waals surface area contributed by atoms with Gasteiger partial charge in [0.05, 0.1) is 0 Å². The molecule has 0 saturated heterocycles. The maximum atomic E-state index is 12.9. The first-order valence-corrected chi connectivity index (χ1v) is 8.29. The number of para-hydroxylation sites is 1. The van der Waals surface area contributed by atoms with Crippen LogP contribution in [0, 0.1) is 5.92 Å².